The summed E-state index contributed by atoms with van der Waals surface area (Å²) >= 11 is 1.32. The Morgan fingerprint density at radius 1 is 1.48 bits per heavy atom. The van der Waals surface area contributed by atoms with Gasteiger partial charge in [0.05, 0.1) is 22.6 Å². The predicted octanol–water partition coefficient (Wildman–Crippen LogP) is 1.80. The van der Waals surface area contributed by atoms with Crippen molar-refractivity contribution in [2.24, 2.45) is 0 Å². The summed E-state index contributed by atoms with van der Waals surface area (Å²) in [5.41, 5.74) is 0.764. The number of piperidine rings is 1. The van der Waals surface area contributed by atoms with Crippen LogP contribution in [0.2, 0.25) is 0 Å². The summed E-state index contributed by atoms with van der Waals surface area (Å²) in [5, 5.41) is 3.13. The number of nitrogens with one attached hydrogen (secondary N) is 2. The summed E-state index contributed by atoms with van der Waals surface area (Å²) in [5.74, 6) is 0.733. The zero-order chi connectivity index (χ0) is 14.9. The molecule has 0 aliphatic carbocycles. The van der Waals surface area contributed by atoms with Crippen LogP contribution in [0.1, 0.15) is 12.8 Å². The fourth-order valence-electron chi connectivity index (χ4n) is 2.37. The molecule has 0 radical (unpaired) electrons. The molecule has 2 heterocycles. The molecule has 114 valence electrons. The van der Waals surface area contributed by atoms with E-state index < -0.39 is 15.3 Å². The molecular formula is C13H17N3O3S2. The molecule has 1 aliphatic heterocycles. The minimum Gasteiger partial charge on any atom is -0.497 e. The van der Waals surface area contributed by atoms with Crippen LogP contribution >= 0.6 is 11.3 Å². The number of aromatic nitrogens is 1. The van der Waals surface area contributed by atoms with Gasteiger partial charge in [0.1, 0.15) is 5.75 Å². The van der Waals surface area contributed by atoms with Gasteiger partial charge in [-0.25, -0.2) is 13.4 Å². The van der Waals surface area contributed by atoms with Gasteiger partial charge < -0.3 is 10.1 Å². The summed E-state index contributed by atoms with van der Waals surface area (Å²) in [6.07, 6.45) is 1.56. The number of methoxy groups -OCH3 is 1. The molecule has 0 saturated carbocycles. The van der Waals surface area contributed by atoms with Crippen molar-refractivity contribution in [1.29, 1.82) is 0 Å². The summed E-state index contributed by atoms with van der Waals surface area (Å²) in [7, 11) is -1.80. The van der Waals surface area contributed by atoms with Crippen LogP contribution < -0.4 is 14.8 Å². The highest BCUT2D eigenvalue weighted by Crippen LogP contribution is 2.30. The quantitative estimate of drug-likeness (QED) is 0.895. The molecule has 0 bridgehead atoms. The van der Waals surface area contributed by atoms with Gasteiger partial charge in [-0.05, 0) is 37.6 Å². The lowest BCUT2D eigenvalue weighted by molar-refractivity contribution is 0.415. The molecule has 1 atom stereocenters. The molecular weight excluding hydrogens is 310 g/mol. The van der Waals surface area contributed by atoms with Gasteiger partial charge in [0.25, 0.3) is 0 Å². The summed E-state index contributed by atoms with van der Waals surface area (Å²) < 4.78 is 33.4. The fraction of sp³-hybridized carbons (Fsp3) is 0.462. The minimum atomic E-state index is -3.40. The Kier molecular flexibility index (Phi) is 4.01. The summed E-state index contributed by atoms with van der Waals surface area (Å²) in [6.45, 7) is 1.38. The van der Waals surface area contributed by atoms with Crippen molar-refractivity contribution >= 4 is 36.7 Å². The molecule has 2 aromatic rings. The molecule has 1 aromatic heterocycles. The van der Waals surface area contributed by atoms with Crippen LogP contribution in [0.5, 0.6) is 5.75 Å². The van der Waals surface area contributed by atoms with Gasteiger partial charge in [-0.15, -0.1) is 0 Å². The number of anilines is 1. The molecule has 1 unspecified atom stereocenters. The van der Waals surface area contributed by atoms with Crippen molar-refractivity contribution < 1.29 is 13.2 Å². The molecule has 1 aliphatic rings. The molecule has 0 spiro atoms. The minimum absolute atomic E-state index is 0.396. The molecule has 6 nitrogen and oxygen atoms in total. The first-order valence-electron chi connectivity index (χ1n) is 6.75. The maximum atomic E-state index is 12.3. The van der Waals surface area contributed by atoms with Crippen LogP contribution in [-0.4, -0.2) is 38.9 Å². The van der Waals surface area contributed by atoms with Crippen molar-refractivity contribution in [3.8, 4) is 5.75 Å². The zero-order valence-electron chi connectivity index (χ0n) is 11.6. The highest BCUT2D eigenvalue weighted by Gasteiger charge is 2.28. The van der Waals surface area contributed by atoms with E-state index in [0.29, 0.717) is 18.1 Å². The number of hydrogen-bond donors (Lipinski definition) is 2. The van der Waals surface area contributed by atoms with Gasteiger partial charge in [-0.1, -0.05) is 11.3 Å². The molecule has 0 amide bonds. The Balaban J connectivity index is 1.83. The summed E-state index contributed by atoms with van der Waals surface area (Å²) in [6, 6.07) is 5.49. The van der Waals surface area contributed by atoms with Crippen molar-refractivity contribution in [2.45, 2.75) is 18.1 Å². The van der Waals surface area contributed by atoms with E-state index in [4.69, 9.17) is 4.74 Å². The van der Waals surface area contributed by atoms with Crippen molar-refractivity contribution in [3.63, 3.8) is 0 Å². The highest BCUT2D eigenvalue weighted by atomic mass is 32.2. The molecule has 1 aromatic carbocycles. The van der Waals surface area contributed by atoms with Gasteiger partial charge in [-0.2, -0.15) is 0 Å². The lowest BCUT2D eigenvalue weighted by atomic mass is 10.2. The smallest absolute Gasteiger partial charge is 0.238 e. The van der Waals surface area contributed by atoms with Crippen LogP contribution in [0.25, 0.3) is 10.2 Å². The second-order valence-corrected chi connectivity index (χ2v) is 7.96. The average Bonchev–Trinajstić information content (AvgIpc) is 2.88. The summed E-state index contributed by atoms with van der Waals surface area (Å²) in [4.78, 5) is 4.32. The number of ether oxygens (including phenoxy) is 1. The van der Waals surface area contributed by atoms with Crippen molar-refractivity contribution in [3.05, 3.63) is 18.2 Å². The number of fused-ring (bicyclic) bond motifs is 1. The Bertz CT molecular complexity index is 736. The van der Waals surface area contributed by atoms with Crippen LogP contribution in [0.3, 0.4) is 0 Å². The van der Waals surface area contributed by atoms with Gasteiger partial charge in [0, 0.05) is 6.54 Å². The molecule has 1 saturated heterocycles. The third-order valence-electron chi connectivity index (χ3n) is 3.52. The second-order valence-electron chi connectivity index (χ2n) is 4.97. The van der Waals surface area contributed by atoms with Crippen LogP contribution in [0, 0.1) is 0 Å². The van der Waals surface area contributed by atoms with Gasteiger partial charge in [0.15, 0.2) is 5.13 Å². The predicted molar refractivity (Wildman–Crippen MR) is 84.6 cm³/mol. The Labute approximate surface area is 127 Å². The van der Waals surface area contributed by atoms with E-state index in [2.05, 4.69) is 15.0 Å². The van der Waals surface area contributed by atoms with E-state index in [-0.39, 0.29) is 0 Å². The number of benzene rings is 1. The zero-order valence-corrected chi connectivity index (χ0v) is 13.3. The normalized spacial score (nSPS) is 19.6. The first-order chi connectivity index (χ1) is 10.1. The number of hydrogen-bond acceptors (Lipinski definition) is 6. The molecule has 2 N–H and O–H groups in total. The van der Waals surface area contributed by atoms with E-state index in [1.807, 2.05) is 18.2 Å². The molecule has 21 heavy (non-hydrogen) atoms. The largest absolute Gasteiger partial charge is 0.497 e. The number of nitrogens with zero attached hydrogens (tertiary/aromatic N) is 1. The lowest BCUT2D eigenvalue weighted by Gasteiger charge is -2.22. The van der Waals surface area contributed by atoms with Crippen molar-refractivity contribution in [2.75, 3.05) is 24.9 Å². The third kappa shape index (κ3) is 3.12. The molecule has 8 heteroatoms. The number of rotatable bonds is 4. The van der Waals surface area contributed by atoms with E-state index in [1.54, 1.807) is 7.11 Å². The Morgan fingerprint density at radius 3 is 3.05 bits per heavy atom. The standard InChI is InChI=1S/C13H17N3O3S2/c1-19-9-4-5-11-12(7-9)20-13(15-11)16-21(17,18)10-3-2-6-14-8-10/h4-5,7,10,14H,2-3,6,8H2,1H3,(H,15,16). The van der Waals surface area contributed by atoms with E-state index in [1.165, 1.54) is 11.3 Å². The first-order valence-corrected chi connectivity index (χ1v) is 9.12. The van der Waals surface area contributed by atoms with Crippen LogP contribution in [-0.2, 0) is 10.0 Å². The lowest BCUT2D eigenvalue weighted by Crippen LogP contribution is -2.41. The SMILES string of the molecule is COc1ccc2nc(NS(=O)(=O)C3CCCNC3)sc2c1. The fourth-order valence-corrected chi connectivity index (χ4v) is 4.90. The highest BCUT2D eigenvalue weighted by molar-refractivity contribution is 7.93. The van der Waals surface area contributed by atoms with E-state index in [0.717, 1.165) is 28.9 Å². The molecule has 3 rings (SSSR count). The Morgan fingerprint density at radius 2 is 2.33 bits per heavy atom. The van der Waals surface area contributed by atoms with Gasteiger partial charge in [-0.3, -0.25) is 4.72 Å². The molecule has 1 fully saturated rings. The number of sulfonamides is 1. The topological polar surface area (TPSA) is 80.3 Å². The third-order valence-corrected chi connectivity index (χ3v) is 6.34. The van der Waals surface area contributed by atoms with Crippen LogP contribution in [0.15, 0.2) is 18.2 Å². The maximum Gasteiger partial charge on any atom is 0.238 e. The van der Waals surface area contributed by atoms with Gasteiger partial charge >= 0.3 is 0 Å². The second kappa shape index (κ2) is 5.78. The average molecular weight is 327 g/mol. The van der Waals surface area contributed by atoms with Gasteiger partial charge in [0.2, 0.25) is 10.0 Å². The number of thiazole rings is 1. The maximum absolute atomic E-state index is 12.3. The monoisotopic (exact) mass is 327 g/mol. The van der Waals surface area contributed by atoms with Crippen molar-refractivity contribution in [1.82, 2.24) is 10.3 Å². The van der Waals surface area contributed by atoms with E-state index >= 15 is 0 Å². The van der Waals surface area contributed by atoms with E-state index in [9.17, 15) is 8.42 Å². The van der Waals surface area contributed by atoms with Crippen LogP contribution in [0.4, 0.5) is 5.13 Å². The first kappa shape index (κ1) is 14.6. The Hall–Kier alpha value is -1.38.